The summed E-state index contributed by atoms with van der Waals surface area (Å²) in [4.78, 5) is 22.6. The lowest BCUT2D eigenvalue weighted by molar-refractivity contribution is 0.102. The molecule has 7 heteroatoms. The van der Waals surface area contributed by atoms with E-state index in [2.05, 4.69) is 15.3 Å². The number of pyridine rings is 1. The maximum absolute atomic E-state index is 12.5. The van der Waals surface area contributed by atoms with Crippen LogP contribution in [0.4, 0.5) is 11.4 Å². The molecule has 0 radical (unpaired) electrons. The van der Waals surface area contributed by atoms with Crippen molar-refractivity contribution in [3.63, 3.8) is 0 Å². The van der Waals surface area contributed by atoms with Crippen LogP contribution in [0.25, 0.3) is 5.82 Å². The summed E-state index contributed by atoms with van der Waals surface area (Å²) >= 11 is 6.22. The third-order valence-corrected chi connectivity index (χ3v) is 3.77. The van der Waals surface area contributed by atoms with Gasteiger partial charge < -0.3 is 10.2 Å². The fourth-order valence-electron chi connectivity index (χ4n) is 2.33. The molecule has 122 valence electrons. The lowest BCUT2D eigenvalue weighted by atomic mass is 10.2. The summed E-state index contributed by atoms with van der Waals surface area (Å²) in [6, 6.07) is 8.88. The van der Waals surface area contributed by atoms with Gasteiger partial charge in [0.1, 0.15) is 12.1 Å². The molecule has 1 aromatic carbocycles. The van der Waals surface area contributed by atoms with Crippen molar-refractivity contribution in [3.8, 4) is 5.82 Å². The number of hydrogen-bond acceptors (Lipinski definition) is 4. The summed E-state index contributed by atoms with van der Waals surface area (Å²) < 4.78 is 1.77. The average molecular weight is 342 g/mol. The van der Waals surface area contributed by atoms with Crippen molar-refractivity contribution < 1.29 is 4.79 Å². The van der Waals surface area contributed by atoms with Gasteiger partial charge in [-0.15, -0.1) is 0 Å². The number of para-hydroxylation sites is 1. The van der Waals surface area contributed by atoms with Crippen LogP contribution in [0.5, 0.6) is 0 Å². The summed E-state index contributed by atoms with van der Waals surface area (Å²) in [7, 11) is 3.75. The summed E-state index contributed by atoms with van der Waals surface area (Å²) in [6.07, 6.45) is 6.64. The van der Waals surface area contributed by atoms with Gasteiger partial charge in [-0.05, 0) is 24.3 Å². The summed E-state index contributed by atoms with van der Waals surface area (Å²) in [5.74, 6) is 0.450. The molecule has 0 saturated carbocycles. The second kappa shape index (κ2) is 6.72. The highest BCUT2D eigenvalue weighted by Gasteiger charge is 2.13. The number of benzene rings is 1. The number of rotatable bonds is 4. The molecule has 2 aromatic heterocycles. The van der Waals surface area contributed by atoms with E-state index in [9.17, 15) is 4.79 Å². The number of anilines is 2. The van der Waals surface area contributed by atoms with Gasteiger partial charge in [-0.2, -0.15) is 0 Å². The molecule has 0 atom stereocenters. The van der Waals surface area contributed by atoms with Crippen molar-refractivity contribution in [3.05, 3.63) is 65.8 Å². The molecule has 0 aliphatic carbocycles. The zero-order valence-corrected chi connectivity index (χ0v) is 14.0. The Morgan fingerprint density at radius 1 is 1.25 bits per heavy atom. The van der Waals surface area contributed by atoms with Crippen molar-refractivity contribution in [2.75, 3.05) is 24.3 Å². The maximum Gasteiger partial charge on any atom is 0.257 e. The predicted molar refractivity (Wildman–Crippen MR) is 95.1 cm³/mol. The molecule has 0 saturated heterocycles. The molecule has 1 N–H and O–H groups in total. The van der Waals surface area contributed by atoms with Gasteiger partial charge >= 0.3 is 0 Å². The molecule has 24 heavy (non-hydrogen) atoms. The van der Waals surface area contributed by atoms with Gasteiger partial charge in [-0.1, -0.05) is 17.7 Å². The Morgan fingerprint density at radius 3 is 2.71 bits per heavy atom. The monoisotopic (exact) mass is 341 g/mol. The molecule has 0 fully saturated rings. The summed E-state index contributed by atoms with van der Waals surface area (Å²) in [5.41, 5.74) is 1.87. The molecule has 0 unspecified atom stereocenters. The fraction of sp³-hybridized carbons (Fsp3) is 0.118. The number of carbonyl (C=O) groups excluding carboxylic acids is 1. The van der Waals surface area contributed by atoms with Crippen molar-refractivity contribution in [2.45, 2.75) is 0 Å². The number of nitrogens with one attached hydrogen (secondary N) is 1. The SMILES string of the molecule is CN(C)c1c(Cl)cccc1NC(=O)c1ccc(-n2ccnc2)nc1. The van der Waals surface area contributed by atoms with E-state index in [1.807, 2.05) is 25.1 Å². The lowest BCUT2D eigenvalue weighted by Crippen LogP contribution is -2.17. The Kier molecular flexibility index (Phi) is 4.48. The Balaban J connectivity index is 1.82. The Morgan fingerprint density at radius 2 is 2.08 bits per heavy atom. The molecular weight excluding hydrogens is 326 g/mol. The number of aromatic nitrogens is 3. The van der Waals surface area contributed by atoms with E-state index in [1.165, 1.54) is 6.20 Å². The van der Waals surface area contributed by atoms with Crippen molar-refractivity contribution in [2.24, 2.45) is 0 Å². The highest BCUT2D eigenvalue weighted by molar-refractivity contribution is 6.34. The second-order valence-electron chi connectivity index (χ2n) is 5.36. The topological polar surface area (TPSA) is 63.1 Å². The van der Waals surface area contributed by atoms with Gasteiger partial charge in [0, 0.05) is 32.7 Å². The van der Waals surface area contributed by atoms with Crippen LogP contribution in [0, 0.1) is 0 Å². The molecule has 0 bridgehead atoms. The minimum atomic E-state index is -0.245. The fourth-order valence-corrected chi connectivity index (χ4v) is 2.68. The Labute approximate surface area is 144 Å². The molecule has 3 rings (SSSR count). The number of imidazole rings is 1. The van der Waals surface area contributed by atoms with Crippen LogP contribution < -0.4 is 10.2 Å². The van der Waals surface area contributed by atoms with Gasteiger partial charge in [-0.25, -0.2) is 9.97 Å². The first-order valence-corrected chi connectivity index (χ1v) is 7.65. The van der Waals surface area contributed by atoms with Crippen molar-refractivity contribution >= 4 is 28.9 Å². The first kappa shape index (κ1) is 16.0. The molecule has 1 amide bonds. The van der Waals surface area contributed by atoms with E-state index < -0.39 is 0 Å². The van der Waals surface area contributed by atoms with E-state index in [0.717, 1.165) is 5.69 Å². The zero-order chi connectivity index (χ0) is 17.1. The lowest BCUT2D eigenvalue weighted by Gasteiger charge is -2.19. The third kappa shape index (κ3) is 3.23. The number of carbonyl (C=O) groups is 1. The highest BCUT2D eigenvalue weighted by atomic mass is 35.5. The van der Waals surface area contributed by atoms with Gasteiger partial charge in [0.2, 0.25) is 0 Å². The van der Waals surface area contributed by atoms with E-state index in [0.29, 0.717) is 22.1 Å². The van der Waals surface area contributed by atoms with Crippen LogP contribution in [0.2, 0.25) is 5.02 Å². The van der Waals surface area contributed by atoms with E-state index in [4.69, 9.17) is 11.6 Å². The van der Waals surface area contributed by atoms with Crippen LogP contribution in [0.15, 0.2) is 55.2 Å². The van der Waals surface area contributed by atoms with Crippen LogP contribution in [0.3, 0.4) is 0 Å². The molecule has 6 nitrogen and oxygen atoms in total. The summed E-state index contributed by atoms with van der Waals surface area (Å²) in [5, 5.41) is 3.45. The third-order valence-electron chi connectivity index (χ3n) is 3.46. The molecular formula is C17H16ClN5O. The van der Waals surface area contributed by atoms with E-state index in [1.54, 1.807) is 47.6 Å². The second-order valence-corrected chi connectivity index (χ2v) is 5.77. The molecule has 0 spiro atoms. The standard InChI is InChI=1S/C17H16ClN5O/c1-22(2)16-13(18)4-3-5-14(16)21-17(24)12-6-7-15(20-10-12)23-9-8-19-11-23/h3-11H,1-2H3,(H,21,24). The number of hydrogen-bond donors (Lipinski definition) is 1. The van der Waals surface area contributed by atoms with Crippen LogP contribution in [0.1, 0.15) is 10.4 Å². The number of amides is 1. The van der Waals surface area contributed by atoms with Gasteiger partial charge in [0.25, 0.3) is 5.91 Å². The molecule has 0 aliphatic heterocycles. The molecule has 2 heterocycles. The molecule has 3 aromatic rings. The van der Waals surface area contributed by atoms with Crippen molar-refractivity contribution in [1.29, 1.82) is 0 Å². The largest absolute Gasteiger partial charge is 0.375 e. The number of nitrogens with zero attached hydrogens (tertiary/aromatic N) is 4. The van der Waals surface area contributed by atoms with Gasteiger partial charge in [0.05, 0.1) is 22.0 Å². The smallest absolute Gasteiger partial charge is 0.257 e. The first-order valence-electron chi connectivity index (χ1n) is 7.28. The van der Waals surface area contributed by atoms with Gasteiger partial charge in [-0.3, -0.25) is 9.36 Å². The highest BCUT2D eigenvalue weighted by Crippen LogP contribution is 2.32. The predicted octanol–water partition coefficient (Wildman–Crippen LogP) is 3.24. The van der Waals surface area contributed by atoms with Gasteiger partial charge in [0.15, 0.2) is 0 Å². The Hall–Kier alpha value is -2.86. The quantitative estimate of drug-likeness (QED) is 0.791. The summed E-state index contributed by atoms with van der Waals surface area (Å²) in [6.45, 7) is 0. The average Bonchev–Trinajstić information content (AvgIpc) is 3.09. The van der Waals surface area contributed by atoms with Crippen molar-refractivity contribution in [1.82, 2.24) is 14.5 Å². The van der Waals surface area contributed by atoms with Crippen LogP contribution >= 0.6 is 11.6 Å². The minimum Gasteiger partial charge on any atom is -0.375 e. The number of halogens is 1. The normalized spacial score (nSPS) is 10.5. The maximum atomic E-state index is 12.5. The minimum absolute atomic E-state index is 0.245. The van der Waals surface area contributed by atoms with E-state index in [-0.39, 0.29) is 5.91 Å². The van der Waals surface area contributed by atoms with Crippen LogP contribution in [-0.2, 0) is 0 Å². The molecule has 0 aliphatic rings. The Bertz CT molecular complexity index is 844. The zero-order valence-electron chi connectivity index (χ0n) is 13.3. The van der Waals surface area contributed by atoms with E-state index >= 15 is 0 Å². The van der Waals surface area contributed by atoms with Crippen LogP contribution in [-0.4, -0.2) is 34.5 Å². The first-order chi connectivity index (χ1) is 11.6.